The van der Waals surface area contributed by atoms with Crippen molar-refractivity contribution < 1.29 is 4.90 Å². The van der Waals surface area contributed by atoms with E-state index in [-0.39, 0.29) is 0 Å². The molecule has 1 N–H and O–H groups in total. The van der Waals surface area contributed by atoms with Gasteiger partial charge in [0.1, 0.15) is 0 Å². The van der Waals surface area contributed by atoms with Crippen molar-refractivity contribution in [3.8, 4) is 0 Å². The summed E-state index contributed by atoms with van der Waals surface area (Å²) in [5, 5.41) is 0. The molecule has 2 fully saturated rings. The van der Waals surface area contributed by atoms with Crippen LogP contribution in [0.1, 0.15) is 26.2 Å². The molecule has 2 heterocycles. The summed E-state index contributed by atoms with van der Waals surface area (Å²) in [6, 6.07) is 2.80. The molecule has 98 valence electrons. The first-order chi connectivity index (χ1) is 8.83. The highest BCUT2D eigenvalue weighted by Crippen LogP contribution is 2.23. The van der Waals surface area contributed by atoms with Gasteiger partial charge in [-0.1, -0.05) is 6.92 Å². The van der Waals surface area contributed by atoms with E-state index in [1.165, 1.54) is 32.4 Å². The van der Waals surface area contributed by atoms with Gasteiger partial charge in [-0.15, -0.1) is 0 Å². The molecule has 0 aromatic carbocycles. The van der Waals surface area contributed by atoms with E-state index in [1.807, 2.05) is 23.4 Å². The Bertz CT molecular complexity index is 373. The Morgan fingerprint density at radius 1 is 1.17 bits per heavy atom. The van der Waals surface area contributed by atoms with E-state index in [2.05, 4.69) is 21.8 Å². The topological polar surface area (TPSA) is 33.5 Å². The Morgan fingerprint density at radius 2 is 1.89 bits per heavy atom. The van der Waals surface area contributed by atoms with Crippen LogP contribution in [0.25, 0.3) is 0 Å². The van der Waals surface area contributed by atoms with E-state index >= 15 is 0 Å². The number of piperazine rings is 1. The predicted octanol–water partition coefficient (Wildman–Crippen LogP) is 0.370. The molecule has 4 heteroatoms. The zero-order valence-corrected chi connectivity index (χ0v) is 11.2. The normalized spacial score (nSPS) is 29.7. The number of nitrogens with one attached hydrogen (secondary N) is 1. The minimum absolute atomic E-state index is 0.899. The van der Waals surface area contributed by atoms with Gasteiger partial charge in [-0.3, -0.25) is 0 Å². The van der Waals surface area contributed by atoms with Gasteiger partial charge in [0.2, 0.25) is 5.95 Å². The van der Waals surface area contributed by atoms with Crippen molar-refractivity contribution in [2.75, 3.05) is 31.1 Å². The summed E-state index contributed by atoms with van der Waals surface area (Å²) in [5.41, 5.74) is 0. The second-order valence-corrected chi connectivity index (χ2v) is 5.81. The largest absolute Gasteiger partial charge is 0.330 e. The molecule has 3 rings (SSSR count). The molecule has 0 bridgehead atoms. The zero-order valence-electron chi connectivity index (χ0n) is 11.2. The lowest BCUT2D eigenvalue weighted by Crippen LogP contribution is -3.18. The molecule has 18 heavy (non-hydrogen) atoms. The summed E-state index contributed by atoms with van der Waals surface area (Å²) >= 11 is 0. The highest BCUT2D eigenvalue weighted by molar-refractivity contribution is 5.28. The van der Waals surface area contributed by atoms with Crippen LogP contribution in [0.2, 0.25) is 0 Å². The third-order valence-electron chi connectivity index (χ3n) is 4.51. The Morgan fingerprint density at radius 3 is 2.50 bits per heavy atom. The Hall–Kier alpha value is -1.16. The molecule has 0 unspecified atom stereocenters. The highest BCUT2D eigenvalue weighted by atomic mass is 15.3. The summed E-state index contributed by atoms with van der Waals surface area (Å²) < 4.78 is 0. The smallest absolute Gasteiger partial charge is 0.225 e. The molecule has 1 aliphatic heterocycles. The number of hydrogen-bond acceptors (Lipinski definition) is 3. The van der Waals surface area contributed by atoms with E-state index in [0.29, 0.717) is 0 Å². The fourth-order valence-corrected chi connectivity index (χ4v) is 3.43. The number of quaternary nitrogens is 1. The first kappa shape index (κ1) is 11.9. The quantitative estimate of drug-likeness (QED) is 0.820. The van der Waals surface area contributed by atoms with E-state index in [4.69, 9.17) is 0 Å². The molecule has 1 aromatic heterocycles. The maximum atomic E-state index is 4.34. The molecule has 1 aromatic rings. The van der Waals surface area contributed by atoms with E-state index in [1.54, 1.807) is 0 Å². The average molecular weight is 247 g/mol. The van der Waals surface area contributed by atoms with Gasteiger partial charge in [0.05, 0.1) is 32.2 Å². The van der Waals surface area contributed by atoms with Gasteiger partial charge in [-0.05, 0) is 24.8 Å². The second kappa shape index (κ2) is 5.22. The number of rotatable bonds is 2. The monoisotopic (exact) mass is 247 g/mol. The van der Waals surface area contributed by atoms with Crippen LogP contribution >= 0.6 is 0 Å². The third kappa shape index (κ3) is 2.48. The van der Waals surface area contributed by atoms with Crippen molar-refractivity contribution >= 4 is 5.95 Å². The number of aromatic nitrogens is 2. The van der Waals surface area contributed by atoms with Gasteiger partial charge in [-0.25, -0.2) is 9.97 Å². The molecular weight excluding hydrogens is 224 g/mol. The highest BCUT2D eigenvalue weighted by Gasteiger charge is 2.32. The first-order valence-electron chi connectivity index (χ1n) is 7.19. The van der Waals surface area contributed by atoms with E-state index < -0.39 is 0 Å². The lowest BCUT2D eigenvalue weighted by atomic mass is 10.1. The Balaban J connectivity index is 1.55. The van der Waals surface area contributed by atoms with Crippen molar-refractivity contribution in [2.45, 2.75) is 32.2 Å². The third-order valence-corrected chi connectivity index (χ3v) is 4.51. The summed E-state index contributed by atoms with van der Waals surface area (Å²) in [6.07, 6.45) is 7.95. The fraction of sp³-hybridized carbons (Fsp3) is 0.714. The maximum Gasteiger partial charge on any atom is 0.225 e. The van der Waals surface area contributed by atoms with Gasteiger partial charge in [-0.2, -0.15) is 0 Å². The molecule has 1 saturated heterocycles. The number of hydrogen-bond donors (Lipinski definition) is 1. The molecule has 2 aliphatic rings. The summed E-state index contributed by atoms with van der Waals surface area (Å²) in [5.74, 6) is 1.84. The van der Waals surface area contributed by atoms with Gasteiger partial charge < -0.3 is 9.80 Å². The lowest BCUT2D eigenvalue weighted by molar-refractivity contribution is -0.925. The van der Waals surface area contributed by atoms with Crippen molar-refractivity contribution in [3.05, 3.63) is 18.5 Å². The van der Waals surface area contributed by atoms with Gasteiger partial charge >= 0.3 is 0 Å². The molecule has 1 aliphatic carbocycles. The minimum Gasteiger partial charge on any atom is -0.330 e. The fourth-order valence-electron chi connectivity index (χ4n) is 3.43. The summed E-state index contributed by atoms with van der Waals surface area (Å²) in [4.78, 5) is 12.8. The lowest BCUT2D eigenvalue weighted by Gasteiger charge is -2.35. The molecule has 0 amide bonds. The Labute approximate surface area is 109 Å². The SMILES string of the molecule is C[C@H]1CC[C@H]([NH+]2CCN(c3ncccn3)CC2)C1. The molecule has 4 nitrogen and oxygen atoms in total. The van der Waals surface area contributed by atoms with Crippen molar-refractivity contribution in [1.29, 1.82) is 0 Å². The zero-order chi connectivity index (χ0) is 12.4. The van der Waals surface area contributed by atoms with Crippen LogP contribution in [-0.4, -0.2) is 42.2 Å². The summed E-state index contributed by atoms with van der Waals surface area (Å²) in [7, 11) is 0. The average Bonchev–Trinajstić information content (AvgIpc) is 2.87. The standard InChI is InChI=1S/C14H22N4/c1-12-3-4-13(11-12)17-7-9-18(10-8-17)14-15-5-2-6-16-14/h2,5-6,12-13H,3-4,7-11H2,1H3/p+1/t12-,13-/m0/s1. The van der Waals surface area contributed by atoms with Crippen molar-refractivity contribution in [3.63, 3.8) is 0 Å². The molecule has 1 saturated carbocycles. The van der Waals surface area contributed by atoms with Crippen LogP contribution in [-0.2, 0) is 0 Å². The van der Waals surface area contributed by atoms with Crippen LogP contribution < -0.4 is 9.80 Å². The van der Waals surface area contributed by atoms with Crippen LogP contribution in [0, 0.1) is 5.92 Å². The van der Waals surface area contributed by atoms with Crippen molar-refractivity contribution in [2.24, 2.45) is 5.92 Å². The Kier molecular flexibility index (Phi) is 3.46. The van der Waals surface area contributed by atoms with Crippen LogP contribution in [0.4, 0.5) is 5.95 Å². The van der Waals surface area contributed by atoms with E-state index in [0.717, 1.165) is 31.0 Å². The number of nitrogens with zero attached hydrogens (tertiary/aromatic N) is 3. The van der Waals surface area contributed by atoms with Gasteiger partial charge in [0.25, 0.3) is 0 Å². The molecular formula is C14H23N4+. The second-order valence-electron chi connectivity index (χ2n) is 5.81. The van der Waals surface area contributed by atoms with Crippen LogP contribution in [0.3, 0.4) is 0 Å². The van der Waals surface area contributed by atoms with Crippen LogP contribution in [0.5, 0.6) is 0 Å². The summed E-state index contributed by atoms with van der Waals surface area (Å²) in [6.45, 7) is 7.09. The molecule has 0 radical (unpaired) electrons. The number of anilines is 1. The molecule has 2 atom stereocenters. The van der Waals surface area contributed by atoms with E-state index in [9.17, 15) is 0 Å². The van der Waals surface area contributed by atoms with Crippen LogP contribution in [0.15, 0.2) is 18.5 Å². The van der Waals surface area contributed by atoms with Crippen molar-refractivity contribution in [1.82, 2.24) is 9.97 Å². The first-order valence-corrected chi connectivity index (χ1v) is 7.19. The van der Waals surface area contributed by atoms with Gasteiger partial charge in [0.15, 0.2) is 0 Å². The van der Waals surface area contributed by atoms with Gasteiger partial charge in [0, 0.05) is 18.8 Å². The minimum atomic E-state index is 0.899. The predicted molar refractivity (Wildman–Crippen MR) is 71.7 cm³/mol. The maximum absolute atomic E-state index is 4.34. The molecule has 0 spiro atoms.